The van der Waals surface area contributed by atoms with Gasteiger partial charge >= 0.3 is 0 Å². The largest absolute Gasteiger partial charge is 0.497 e. The number of benzene rings is 3. The number of ether oxygens (including phenoxy) is 2. The molecule has 192 valence electrons. The third kappa shape index (κ3) is 6.44. The van der Waals surface area contributed by atoms with Crippen LogP contribution in [0.5, 0.6) is 5.75 Å². The molecule has 0 radical (unpaired) electrons. The van der Waals surface area contributed by atoms with Crippen molar-refractivity contribution in [1.82, 2.24) is 9.21 Å². The van der Waals surface area contributed by atoms with Crippen LogP contribution in [0.15, 0.2) is 71.6 Å². The molecule has 1 aliphatic heterocycles. The van der Waals surface area contributed by atoms with Gasteiger partial charge in [-0.2, -0.15) is 4.31 Å². The van der Waals surface area contributed by atoms with Crippen molar-refractivity contribution in [2.75, 3.05) is 39.8 Å². The normalized spacial score (nSPS) is 16.1. The molecule has 9 heteroatoms. The summed E-state index contributed by atoms with van der Waals surface area (Å²) in [5.74, 6) is 0.111. The molecule has 1 heterocycles. The van der Waals surface area contributed by atoms with Gasteiger partial charge in [-0.05, 0) is 48.4 Å². The molecule has 0 N–H and O–H groups in total. The van der Waals surface area contributed by atoms with Crippen molar-refractivity contribution in [2.24, 2.45) is 0 Å². The number of aryl methyl sites for hydroxylation is 1. The summed E-state index contributed by atoms with van der Waals surface area (Å²) >= 11 is 5.81. The van der Waals surface area contributed by atoms with E-state index in [0.717, 1.165) is 29.0 Å². The van der Waals surface area contributed by atoms with Gasteiger partial charge in [0.05, 0.1) is 29.7 Å². The second-order valence-electron chi connectivity index (χ2n) is 8.84. The molecule has 0 bridgehead atoms. The van der Waals surface area contributed by atoms with Crippen LogP contribution in [-0.4, -0.2) is 57.5 Å². The predicted molar refractivity (Wildman–Crippen MR) is 138 cm³/mol. The van der Waals surface area contributed by atoms with E-state index in [1.807, 2.05) is 31.2 Å². The molecule has 1 atom stereocenters. The van der Waals surface area contributed by atoms with Crippen LogP contribution in [0, 0.1) is 12.7 Å². The third-order valence-corrected chi connectivity index (χ3v) is 8.51. The van der Waals surface area contributed by atoms with Crippen LogP contribution < -0.4 is 4.74 Å². The van der Waals surface area contributed by atoms with Crippen LogP contribution in [0.4, 0.5) is 4.39 Å². The molecule has 6 nitrogen and oxygen atoms in total. The highest BCUT2D eigenvalue weighted by Gasteiger charge is 2.30. The Morgan fingerprint density at radius 3 is 2.39 bits per heavy atom. The quantitative estimate of drug-likeness (QED) is 0.385. The van der Waals surface area contributed by atoms with Crippen molar-refractivity contribution in [3.8, 4) is 5.75 Å². The minimum Gasteiger partial charge on any atom is -0.497 e. The highest BCUT2D eigenvalue weighted by atomic mass is 35.5. The predicted octanol–water partition coefficient (Wildman–Crippen LogP) is 5.06. The fourth-order valence-corrected chi connectivity index (χ4v) is 5.84. The lowest BCUT2D eigenvalue weighted by Crippen LogP contribution is -2.49. The van der Waals surface area contributed by atoms with E-state index in [4.69, 9.17) is 21.1 Å². The summed E-state index contributed by atoms with van der Waals surface area (Å²) < 4.78 is 52.8. The lowest BCUT2D eigenvalue weighted by molar-refractivity contribution is 0.00762. The number of piperazine rings is 1. The van der Waals surface area contributed by atoms with Crippen molar-refractivity contribution in [1.29, 1.82) is 0 Å². The zero-order valence-electron chi connectivity index (χ0n) is 20.4. The molecule has 1 fully saturated rings. The van der Waals surface area contributed by atoms with Gasteiger partial charge in [0.15, 0.2) is 0 Å². The summed E-state index contributed by atoms with van der Waals surface area (Å²) in [7, 11) is -2.12. The summed E-state index contributed by atoms with van der Waals surface area (Å²) in [6.45, 7) is 4.84. The smallest absolute Gasteiger partial charge is 0.243 e. The third-order valence-electron chi connectivity index (χ3n) is 6.32. The average Bonchev–Trinajstić information content (AvgIpc) is 2.89. The molecular formula is C27H30ClFN2O4S. The summed E-state index contributed by atoms with van der Waals surface area (Å²) in [6.07, 6.45) is -0.222. The molecule has 3 aromatic carbocycles. The number of nitrogens with zero attached hydrogens (tertiary/aromatic N) is 2. The van der Waals surface area contributed by atoms with Gasteiger partial charge in [0.2, 0.25) is 10.0 Å². The Kier molecular flexibility index (Phi) is 8.64. The number of hydrogen-bond donors (Lipinski definition) is 0. The maximum Gasteiger partial charge on any atom is 0.243 e. The second-order valence-corrected chi connectivity index (χ2v) is 11.2. The summed E-state index contributed by atoms with van der Waals surface area (Å²) in [6, 6.07) is 19.6. The molecule has 1 aliphatic rings. The Morgan fingerprint density at radius 1 is 1.00 bits per heavy atom. The fraction of sp³-hybridized carbons (Fsp3) is 0.333. The van der Waals surface area contributed by atoms with Crippen LogP contribution in [0.3, 0.4) is 0 Å². The second kappa shape index (κ2) is 11.7. The molecule has 0 spiro atoms. The van der Waals surface area contributed by atoms with Crippen molar-refractivity contribution in [3.05, 3.63) is 94.3 Å². The summed E-state index contributed by atoms with van der Waals surface area (Å²) in [4.78, 5) is 2.20. The van der Waals surface area contributed by atoms with Gasteiger partial charge in [0.25, 0.3) is 0 Å². The van der Waals surface area contributed by atoms with Gasteiger partial charge in [-0.1, -0.05) is 53.6 Å². The summed E-state index contributed by atoms with van der Waals surface area (Å²) in [5, 5.41) is -0.207. The molecule has 0 saturated carbocycles. The molecule has 3 aromatic rings. The number of sulfonamides is 1. The average molecular weight is 533 g/mol. The van der Waals surface area contributed by atoms with Crippen LogP contribution in [-0.2, 0) is 21.4 Å². The highest BCUT2D eigenvalue weighted by Crippen LogP contribution is 2.27. The number of halogens is 2. The maximum atomic E-state index is 13.5. The maximum absolute atomic E-state index is 13.5. The van der Waals surface area contributed by atoms with Crippen LogP contribution in [0.2, 0.25) is 5.02 Å². The Labute approximate surface area is 217 Å². The van der Waals surface area contributed by atoms with E-state index >= 15 is 0 Å². The van der Waals surface area contributed by atoms with E-state index in [1.54, 1.807) is 7.11 Å². The molecule has 0 amide bonds. The van der Waals surface area contributed by atoms with Crippen molar-refractivity contribution in [3.63, 3.8) is 0 Å². The van der Waals surface area contributed by atoms with Crippen LogP contribution in [0.1, 0.15) is 22.8 Å². The van der Waals surface area contributed by atoms with Gasteiger partial charge in [0, 0.05) is 32.7 Å². The Morgan fingerprint density at radius 2 is 1.72 bits per heavy atom. The zero-order chi connectivity index (χ0) is 25.7. The SMILES string of the molecule is COc1cccc(C(CN2CCN(S(=O)(=O)c3ccc(F)c(Cl)c3)CC2)OCc2ccc(C)cc2)c1. The van der Waals surface area contributed by atoms with Gasteiger partial charge in [0.1, 0.15) is 11.6 Å². The van der Waals surface area contributed by atoms with E-state index in [1.165, 1.54) is 15.9 Å². The number of hydrogen-bond acceptors (Lipinski definition) is 5. The van der Waals surface area contributed by atoms with Crippen LogP contribution in [0.25, 0.3) is 0 Å². The highest BCUT2D eigenvalue weighted by molar-refractivity contribution is 7.89. The van der Waals surface area contributed by atoms with E-state index in [2.05, 4.69) is 29.2 Å². The Bertz CT molecular complexity index is 1280. The molecule has 36 heavy (non-hydrogen) atoms. The van der Waals surface area contributed by atoms with Crippen LogP contribution >= 0.6 is 11.6 Å². The first-order valence-electron chi connectivity index (χ1n) is 11.7. The molecule has 1 saturated heterocycles. The lowest BCUT2D eigenvalue weighted by atomic mass is 10.1. The Hall–Kier alpha value is -2.49. The van der Waals surface area contributed by atoms with E-state index in [0.29, 0.717) is 39.3 Å². The first-order chi connectivity index (χ1) is 17.3. The van der Waals surface area contributed by atoms with Crippen molar-refractivity contribution in [2.45, 2.75) is 24.5 Å². The first kappa shape index (κ1) is 26.6. The molecular weight excluding hydrogens is 503 g/mol. The molecule has 1 unspecified atom stereocenters. The minimum absolute atomic E-state index is 0.00182. The van der Waals surface area contributed by atoms with Gasteiger partial charge in [-0.25, -0.2) is 12.8 Å². The van der Waals surface area contributed by atoms with E-state index in [9.17, 15) is 12.8 Å². The minimum atomic E-state index is -3.76. The molecule has 4 rings (SSSR count). The van der Waals surface area contributed by atoms with Gasteiger partial charge in [-0.3, -0.25) is 4.90 Å². The monoisotopic (exact) mass is 532 g/mol. The molecule has 0 aromatic heterocycles. The number of rotatable bonds is 9. The first-order valence-corrected chi connectivity index (χ1v) is 13.6. The van der Waals surface area contributed by atoms with E-state index in [-0.39, 0.29) is 16.0 Å². The lowest BCUT2D eigenvalue weighted by Gasteiger charge is -2.36. The zero-order valence-corrected chi connectivity index (χ0v) is 21.9. The van der Waals surface area contributed by atoms with Gasteiger partial charge < -0.3 is 9.47 Å². The Balaban J connectivity index is 1.44. The fourth-order valence-electron chi connectivity index (χ4n) is 4.15. The topological polar surface area (TPSA) is 59.1 Å². The van der Waals surface area contributed by atoms with Crippen molar-refractivity contribution >= 4 is 21.6 Å². The van der Waals surface area contributed by atoms with Crippen molar-refractivity contribution < 1.29 is 22.3 Å². The summed E-state index contributed by atoms with van der Waals surface area (Å²) in [5.41, 5.74) is 3.28. The van der Waals surface area contributed by atoms with Gasteiger partial charge in [-0.15, -0.1) is 0 Å². The van der Waals surface area contributed by atoms with E-state index < -0.39 is 15.8 Å². The standard InChI is InChI=1S/C27H30ClFN2O4S/c1-20-6-8-21(9-7-20)19-35-27(22-4-3-5-23(16-22)34-2)18-30-12-14-31(15-13-30)36(32,33)24-10-11-26(29)25(28)17-24/h3-11,16-17,27H,12-15,18-19H2,1-2H3. The molecule has 0 aliphatic carbocycles. The number of methoxy groups -OCH3 is 1.